The lowest BCUT2D eigenvalue weighted by atomic mass is 9.97. The molecule has 4 nitrogen and oxygen atoms in total. The first-order valence-electron chi connectivity index (χ1n) is 10.2. The van der Waals surface area contributed by atoms with Gasteiger partial charge < -0.3 is 9.84 Å². The van der Waals surface area contributed by atoms with Crippen molar-refractivity contribution >= 4 is 11.6 Å². The second-order valence-corrected chi connectivity index (χ2v) is 8.24. The molecular weight excluding hydrogens is 381 g/mol. The van der Waals surface area contributed by atoms with Crippen molar-refractivity contribution in [1.82, 2.24) is 4.57 Å². The van der Waals surface area contributed by atoms with Gasteiger partial charge in [0.2, 0.25) is 5.88 Å². The molecule has 6 heteroatoms. The molecule has 2 aliphatic carbocycles. The number of pyridine rings is 1. The van der Waals surface area contributed by atoms with E-state index in [-0.39, 0.29) is 28.3 Å². The van der Waals surface area contributed by atoms with Crippen molar-refractivity contribution in [2.75, 3.05) is 0 Å². The Morgan fingerprint density at radius 2 is 1.68 bits per heavy atom. The Hall–Kier alpha value is -2.01. The van der Waals surface area contributed by atoms with Crippen LogP contribution in [0.4, 0.5) is 4.39 Å². The van der Waals surface area contributed by atoms with Crippen LogP contribution in [-0.4, -0.2) is 15.8 Å². The molecule has 0 aliphatic heterocycles. The van der Waals surface area contributed by atoms with Crippen LogP contribution in [0.5, 0.6) is 11.6 Å². The summed E-state index contributed by atoms with van der Waals surface area (Å²) < 4.78 is 21.9. The Bertz CT molecular complexity index is 932. The molecule has 0 unspecified atom stereocenters. The first-order chi connectivity index (χ1) is 13.5. The highest BCUT2D eigenvalue weighted by molar-refractivity contribution is 6.32. The summed E-state index contributed by atoms with van der Waals surface area (Å²) in [6.07, 6.45) is 9.86. The Kier molecular flexibility index (Phi) is 5.63. The smallest absolute Gasteiger partial charge is 0.261 e. The summed E-state index contributed by atoms with van der Waals surface area (Å²) in [6, 6.07) is 4.34. The molecule has 0 saturated heterocycles. The predicted octanol–water partition coefficient (Wildman–Crippen LogP) is 5.32. The zero-order chi connectivity index (χ0) is 19.7. The van der Waals surface area contributed by atoms with Gasteiger partial charge in [-0.15, -0.1) is 0 Å². The van der Waals surface area contributed by atoms with Crippen LogP contribution in [-0.2, 0) is 12.8 Å². The van der Waals surface area contributed by atoms with Crippen LogP contribution in [0.3, 0.4) is 0 Å². The van der Waals surface area contributed by atoms with Crippen LogP contribution in [0.25, 0.3) is 5.69 Å². The number of aromatic nitrogens is 1. The van der Waals surface area contributed by atoms with Gasteiger partial charge in [0.05, 0.1) is 16.8 Å². The molecule has 0 atom stereocenters. The highest BCUT2D eigenvalue weighted by atomic mass is 35.5. The molecule has 1 aromatic carbocycles. The van der Waals surface area contributed by atoms with Gasteiger partial charge in [0, 0.05) is 17.2 Å². The quantitative estimate of drug-likeness (QED) is 0.752. The molecule has 2 bridgehead atoms. The standard InChI is InChI=1S/C22H25ClFNO3/c23-17-12-18(24)19(13-20(17)28-16-9-4-2-1-3-5-10-16)25-21(26)14-7-6-8-15(11-14)22(25)27/h11-13,16,26H,1-10H2. The van der Waals surface area contributed by atoms with Gasteiger partial charge in [-0.05, 0) is 57.1 Å². The molecule has 4 rings (SSSR count). The van der Waals surface area contributed by atoms with E-state index in [0.717, 1.165) is 36.7 Å². The topological polar surface area (TPSA) is 51.5 Å². The molecule has 0 spiro atoms. The van der Waals surface area contributed by atoms with Crippen LogP contribution < -0.4 is 10.3 Å². The highest BCUT2D eigenvalue weighted by Gasteiger charge is 2.23. The minimum Gasteiger partial charge on any atom is -0.494 e. The van der Waals surface area contributed by atoms with Crippen LogP contribution in [0.1, 0.15) is 62.5 Å². The molecule has 0 amide bonds. The number of benzene rings is 1. The second kappa shape index (κ2) is 8.16. The molecule has 2 aromatic rings. The van der Waals surface area contributed by atoms with Gasteiger partial charge in [0.25, 0.3) is 5.56 Å². The molecule has 150 valence electrons. The van der Waals surface area contributed by atoms with Gasteiger partial charge in [-0.3, -0.25) is 4.79 Å². The van der Waals surface area contributed by atoms with Crippen LogP contribution >= 0.6 is 11.6 Å². The number of ether oxygens (including phenoxy) is 1. The highest BCUT2D eigenvalue weighted by Crippen LogP contribution is 2.34. The molecule has 1 aromatic heterocycles. The summed E-state index contributed by atoms with van der Waals surface area (Å²) in [5.74, 6) is -0.499. The van der Waals surface area contributed by atoms with E-state index in [2.05, 4.69) is 0 Å². The second-order valence-electron chi connectivity index (χ2n) is 7.83. The average Bonchev–Trinajstić information content (AvgIpc) is 2.66. The maximum atomic E-state index is 14.7. The fraction of sp³-hybridized carbons (Fsp3) is 0.500. The van der Waals surface area contributed by atoms with Crippen LogP contribution in [0.15, 0.2) is 23.0 Å². The van der Waals surface area contributed by atoms with Gasteiger partial charge in [-0.25, -0.2) is 8.96 Å². The number of rotatable bonds is 3. The molecule has 1 heterocycles. The number of aromatic hydroxyl groups is 1. The van der Waals surface area contributed by atoms with E-state index in [9.17, 15) is 14.3 Å². The minimum absolute atomic E-state index is 0.0160. The molecule has 2 aliphatic rings. The van der Waals surface area contributed by atoms with E-state index in [0.29, 0.717) is 29.7 Å². The lowest BCUT2D eigenvalue weighted by Crippen LogP contribution is -2.26. The van der Waals surface area contributed by atoms with Gasteiger partial charge in [-0.2, -0.15) is 0 Å². The Labute approximate surface area is 168 Å². The van der Waals surface area contributed by atoms with E-state index in [1.807, 2.05) is 0 Å². The summed E-state index contributed by atoms with van der Waals surface area (Å²) in [4.78, 5) is 12.8. The average molecular weight is 406 g/mol. The van der Waals surface area contributed by atoms with Crippen molar-refractivity contribution in [2.24, 2.45) is 0 Å². The summed E-state index contributed by atoms with van der Waals surface area (Å²) >= 11 is 6.25. The van der Waals surface area contributed by atoms with E-state index < -0.39 is 5.82 Å². The SMILES string of the molecule is O=c1c2cc(c(O)n1-c1cc(OC3CCCCCCC3)c(Cl)cc1F)CCC2. The molecule has 1 fully saturated rings. The van der Waals surface area contributed by atoms with Crippen molar-refractivity contribution in [1.29, 1.82) is 0 Å². The number of aryl methyl sites for hydroxylation is 2. The van der Waals surface area contributed by atoms with E-state index in [1.54, 1.807) is 6.07 Å². The van der Waals surface area contributed by atoms with E-state index in [4.69, 9.17) is 16.3 Å². The number of hydrogen-bond donors (Lipinski definition) is 1. The summed E-state index contributed by atoms with van der Waals surface area (Å²) in [5, 5.41) is 10.8. The molecule has 0 radical (unpaired) electrons. The van der Waals surface area contributed by atoms with E-state index >= 15 is 0 Å². The van der Waals surface area contributed by atoms with Crippen molar-refractivity contribution in [2.45, 2.75) is 70.3 Å². The first-order valence-corrected chi connectivity index (χ1v) is 10.5. The van der Waals surface area contributed by atoms with Crippen LogP contribution in [0, 0.1) is 5.82 Å². The third-order valence-corrected chi connectivity index (χ3v) is 6.10. The minimum atomic E-state index is -0.656. The maximum absolute atomic E-state index is 14.7. The first kappa shape index (κ1) is 19.3. The van der Waals surface area contributed by atoms with Crippen molar-refractivity contribution < 1.29 is 14.2 Å². The van der Waals surface area contributed by atoms with Gasteiger partial charge in [-0.1, -0.05) is 30.9 Å². The largest absolute Gasteiger partial charge is 0.494 e. The summed E-state index contributed by atoms with van der Waals surface area (Å²) in [6.45, 7) is 0. The third kappa shape index (κ3) is 3.77. The lowest BCUT2D eigenvalue weighted by molar-refractivity contribution is 0.166. The fourth-order valence-corrected chi connectivity index (χ4v) is 4.47. The van der Waals surface area contributed by atoms with Gasteiger partial charge in [0.1, 0.15) is 11.6 Å². The van der Waals surface area contributed by atoms with Crippen molar-refractivity contribution in [3.8, 4) is 17.3 Å². The monoisotopic (exact) mass is 405 g/mol. The molecule has 28 heavy (non-hydrogen) atoms. The summed E-state index contributed by atoms with van der Waals surface area (Å²) in [7, 11) is 0. The lowest BCUT2D eigenvalue weighted by Gasteiger charge is -2.23. The molecule has 1 saturated carbocycles. The zero-order valence-corrected chi connectivity index (χ0v) is 16.6. The zero-order valence-electron chi connectivity index (χ0n) is 15.8. The normalized spacial score (nSPS) is 17.8. The fourth-order valence-electron chi connectivity index (χ4n) is 4.27. The van der Waals surface area contributed by atoms with Crippen molar-refractivity contribution in [3.05, 3.63) is 50.5 Å². The van der Waals surface area contributed by atoms with Gasteiger partial charge >= 0.3 is 0 Å². The number of halogens is 2. The molecular formula is C22H25ClFNO3. The predicted molar refractivity (Wildman–Crippen MR) is 107 cm³/mol. The van der Waals surface area contributed by atoms with E-state index in [1.165, 1.54) is 31.4 Å². The number of hydrogen-bond acceptors (Lipinski definition) is 3. The Morgan fingerprint density at radius 3 is 2.43 bits per heavy atom. The maximum Gasteiger partial charge on any atom is 0.261 e. The Balaban J connectivity index is 1.73. The molecule has 1 N–H and O–H groups in total. The number of nitrogens with zero attached hydrogens (tertiary/aromatic N) is 1. The third-order valence-electron chi connectivity index (χ3n) is 5.81. The van der Waals surface area contributed by atoms with Crippen LogP contribution in [0.2, 0.25) is 5.02 Å². The van der Waals surface area contributed by atoms with Crippen molar-refractivity contribution in [3.63, 3.8) is 0 Å². The number of fused-ring (bicyclic) bond motifs is 2. The van der Waals surface area contributed by atoms with Gasteiger partial charge in [0.15, 0.2) is 0 Å². The summed E-state index contributed by atoms with van der Waals surface area (Å²) in [5.41, 5.74) is 0.852. The Morgan fingerprint density at radius 1 is 1.00 bits per heavy atom.